The Labute approximate surface area is 142 Å². The first-order chi connectivity index (χ1) is 11.4. The molecule has 0 aromatic heterocycles. The quantitative estimate of drug-likeness (QED) is 0.893. The molecule has 128 valence electrons. The number of sulfone groups is 1. The van der Waals surface area contributed by atoms with E-state index in [1.807, 2.05) is 29.2 Å². The van der Waals surface area contributed by atoms with E-state index in [0.717, 1.165) is 10.9 Å². The van der Waals surface area contributed by atoms with Crippen molar-refractivity contribution >= 4 is 26.5 Å². The minimum absolute atomic E-state index is 0.0542. The highest BCUT2D eigenvalue weighted by Gasteiger charge is 2.31. The van der Waals surface area contributed by atoms with Crippen molar-refractivity contribution in [3.8, 4) is 0 Å². The molecule has 0 radical (unpaired) electrons. The molecule has 1 amide bonds. The molecule has 0 saturated carbocycles. The van der Waals surface area contributed by atoms with E-state index in [1.165, 1.54) is 5.39 Å². The maximum absolute atomic E-state index is 12.1. The first kappa shape index (κ1) is 16.9. The van der Waals surface area contributed by atoms with Crippen LogP contribution in [0, 0.1) is 0 Å². The van der Waals surface area contributed by atoms with Crippen LogP contribution in [0.2, 0.25) is 0 Å². The molecule has 1 fully saturated rings. The first-order valence-corrected chi connectivity index (χ1v) is 9.90. The summed E-state index contributed by atoms with van der Waals surface area (Å²) in [7, 11) is -1.12. The third-order valence-electron chi connectivity index (χ3n) is 4.53. The van der Waals surface area contributed by atoms with Gasteiger partial charge in [0.05, 0.1) is 18.1 Å². The van der Waals surface area contributed by atoms with Crippen LogP contribution in [0.4, 0.5) is 0 Å². The van der Waals surface area contributed by atoms with Gasteiger partial charge in [0.15, 0.2) is 9.84 Å². The van der Waals surface area contributed by atoms with Crippen molar-refractivity contribution < 1.29 is 13.2 Å². The third kappa shape index (κ3) is 4.13. The summed E-state index contributed by atoms with van der Waals surface area (Å²) < 4.78 is 23.0. The number of hydrogen-bond donors (Lipinski definition) is 1. The van der Waals surface area contributed by atoms with Crippen molar-refractivity contribution in [1.29, 1.82) is 0 Å². The Bertz CT molecular complexity index is 848. The average Bonchev–Trinajstić information content (AvgIpc) is 2.93. The van der Waals surface area contributed by atoms with Crippen LogP contribution in [0.25, 0.3) is 10.8 Å². The van der Waals surface area contributed by atoms with Gasteiger partial charge in [-0.3, -0.25) is 9.69 Å². The summed E-state index contributed by atoms with van der Waals surface area (Å²) in [6.45, 7) is 0.689. The lowest BCUT2D eigenvalue weighted by Crippen LogP contribution is -2.41. The Kier molecular flexibility index (Phi) is 4.87. The highest BCUT2D eigenvalue weighted by molar-refractivity contribution is 7.91. The summed E-state index contributed by atoms with van der Waals surface area (Å²) >= 11 is 0. The SMILES string of the molecule is CN(CC(=O)NCc1ccc2ccccc2c1)C1CCS(=O)(=O)C1. The zero-order chi connectivity index (χ0) is 17.2. The van der Waals surface area contributed by atoms with Crippen LogP contribution in [0.15, 0.2) is 42.5 Å². The minimum atomic E-state index is -2.93. The number of nitrogens with zero attached hydrogens (tertiary/aromatic N) is 1. The van der Waals surface area contributed by atoms with Crippen LogP contribution in [-0.2, 0) is 21.2 Å². The molecule has 1 heterocycles. The number of amides is 1. The lowest BCUT2D eigenvalue weighted by molar-refractivity contribution is -0.122. The predicted molar refractivity (Wildman–Crippen MR) is 95.5 cm³/mol. The van der Waals surface area contributed by atoms with Gasteiger partial charge < -0.3 is 5.32 Å². The van der Waals surface area contributed by atoms with Crippen molar-refractivity contribution in [2.45, 2.75) is 19.0 Å². The molecule has 3 rings (SSSR count). The highest BCUT2D eigenvalue weighted by Crippen LogP contribution is 2.17. The van der Waals surface area contributed by atoms with Gasteiger partial charge in [-0.05, 0) is 35.9 Å². The van der Waals surface area contributed by atoms with E-state index in [2.05, 4.69) is 23.5 Å². The fourth-order valence-corrected chi connectivity index (χ4v) is 4.89. The zero-order valence-electron chi connectivity index (χ0n) is 13.7. The van der Waals surface area contributed by atoms with E-state index in [1.54, 1.807) is 7.05 Å². The van der Waals surface area contributed by atoms with Crippen LogP contribution in [0.3, 0.4) is 0 Å². The molecule has 0 bridgehead atoms. The highest BCUT2D eigenvalue weighted by atomic mass is 32.2. The summed E-state index contributed by atoms with van der Waals surface area (Å²) in [4.78, 5) is 13.9. The molecule has 1 atom stereocenters. The second-order valence-electron chi connectivity index (χ2n) is 6.43. The number of carbonyl (C=O) groups excluding carboxylic acids is 1. The number of nitrogens with one attached hydrogen (secondary N) is 1. The molecule has 0 spiro atoms. The maximum Gasteiger partial charge on any atom is 0.234 e. The summed E-state index contributed by atoms with van der Waals surface area (Å²) in [5.41, 5.74) is 1.05. The van der Waals surface area contributed by atoms with Crippen molar-refractivity contribution in [2.24, 2.45) is 0 Å². The van der Waals surface area contributed by atoms with Gasteiger partial charge in [0.25, 0.3) is 0 Å². The number of benzene rings is 2. The van der Waals surface area contributed by atoms with E-state index >= 15 is 0 Å². The molecular weight excluding hydrogens is 324 g/mol. The van der Waals surface area contributed by atoms with Crippen molar-refractivity contribution in [3.05, 3.63) is 48.0 Å². The zero-order valence-corrected chi connectivity index (χ0v) is 14.6. The molecule has 1 N–H and O–H groups in total. The second-order valence-corrected chi connectivity index (χ2v) is 8.66. The number of carbonyl (C=O) groups is 1. The lowest BCUT2D eigenvalue weighted by Gasteiger charge is -2.22. The molecular formula is C18H22N2O3S. The van der Waals surface area contributed by atoms with E-state index in [4.69, 9.17) is 0 Å². The minimum Gasteiger partial charge on any atom is -0.351 e. The predicted octanol–water partition coefficient (Wildman–Crippen LogP) is 1.57. The number of hydrogen-bond acceptors (Lipinski definition) is 4. The molecule has 1 saturated heterocycles. The fourth-order valence-electron chi connectivity index (χ4n) is 3.08. The van der Waals surface area contributed by atoms with Gasteiger partial charge >= 0.3 is 0 Å². The fraction of sp³-hybridized carbons (Fsp3) is 0.389. The molecule has 5 nitrogen and oxygen atoms in total. The Hall–Kier alpha value is -1.92. The van der Waals surface area contributed by atoms with E-state index in [-0.39, 0.29) is 30.0 Å². The molecule has 1 aliphatic heterocycles. The Balaban J connectivity index is 1.53. The average molecular weight is 346 g/mol. The van der Waals surface area contributed by atoms with Crippen LogP contribution in [0.1, 0.15) is 12.0 Å². The Morgan fingerprint density at radius 1 is 1.21 bits per heavy atom. The molecule has 2 aromatic rings. The van der Waals surface area contributed by atoms with Gasteiger partial charge in [-0.2, -0.15) is 0 Å². The molecule has 0 aliphatic carbocycles. The topological polar surface area (TPSA) is 66.5 Å². The summed E-state index contributed by atoms with van der Waals surface area (Å²) in [6, 6.07) is 14.2. The summed E-state index contributed by atoms with van der Waals surface area (Å²) in [5, 5.41) is 5.23. The van der Waals surface area contributed by atoms with E-state index < -0.39 is 9.84 Å². The largest absolute Gasteiger partial charge is 0.351 e. The molecule has 6 heteroatoms. The van der Waals surface area contributed by atoms with Gasteiger partial charge in [-0.1, -0.05) is 36.4 Å². The van der Waals surface area contributed by atoms with Gasteiger partial charge in [-0.25, -0.2) is 8.42 Å². The van der Waals surface area contributed by atoms with Crippen molar-refractivity contribution in [2.75, 3.05) is 25.1 Å². The van der Waals surface area contributed by atoms with Gasteiger partial charge in [0.2, 0.25) is 5.91 Å². The standard InChI is InChI=1S/C18H22N2O3S/c1-20(17-8-9-24(22,23)13-17)12-18(21)19-11-14-6-7-15-4-2-3-5-16(15)10-14/h2-7,10,17H,8-9,11-13H2,1H3,(H,19,21). The van der Waals surface area contributed by atoms with E-state index in [0.29, 0.717) is 13.0 Å². The number of rotatable bonds is 5. The van der Waals surface area contributed by atoms with Crippen LogP contribution in [-0.4, -0.2) is 50.4 Å². The first-order valence-electron chi connectivity index (χ1n) is 8.08. The van der Waals surface area contributed by atoms with Crippen LogP contribution >= 0.6 is 0 Å². The van der Waals surface area contributed by atoms with Gasteiger partial charge in [0.1, 0.15) is 0 Å². The second kappa shape index (κ2) is 6.91. The monoisotopic (exact) mass is 346 g/mol. The van der Waals surface area contributed by atoms with Gasteiger partial charge in [-0.15, -0.1) is 0 Å². The smallest absolute Gasteiger partial charge is 0.234 e. The van der Waals surface area contributed by atoms with Crippen molar-refractivity contribution in [3.63, 3.8) is 0 Å². The van der Waals surface area contributed by atoms with Gasteiger partial charge in [0, 0.05) is 12.6 Å². The summed E-state index contributed by atoms with van der Waals surface area (Å²) in [5.74, 6) is 0.289. The van der Waals surface area contributed by atoms with Crippen LogP contribution < -0.4 is 5.32 Å². The normalized spacial score (nSPS) is 19.7. The van der Waals surface area contributed by atoms with Crippen molar-refractivity contribution in [1.82, 2.24) is 10.2 Å². The summed E-state index contributed by atoms with van der Waals surface area (Å²) in [6.07, 6.45) is 0.608. The molecule has 2 aromatic carbocycles. The molecule has 24 heavy (non-hydrogen) atoms. The third-order valence-corrected chi connectivity index (χ3v) is 6.28. The molecule has 1 aliphatic rings. The Morgan fingerprint density at radius 3 is 2.67 bits per heavy atom. The van der Waals surface area contributed by atoms with Crippen LogP contribution in [0.5, 0.6) is 0 Å². The molecule has 1 unspecified atom stereocenters. The van der Waals surface area contributed by atoms with E-state index in [9.17, 15) is 13.2 Å². The Morgan fingerprint density at radius 2 is 1.96 bits per heavy atom. The maximum atomic E-state index is 12.1. The number of likely N-dealkylation sites (N-methyl/N-ethyl adjacent to an activating group) is 1. The lowest BCUT2D eigenvalue weighted by atomic mass is 10.1. The number of fused-ring (bicyclic) bond motifs is 1.